The first-order chi connectivity index (χ1) is 43.2. The van der Waals surface area contributed by atoms with E-state index in [1.165, 1.54) is 6.92 Å². The molecule has 0 heterocycles. The molecule has 12 heteroatoms. The summed E-state index contributed by atoms with van der Waals surface area (Å²) in [6, 6.07) is 15.7. The summed E-state index contributed by atoms with van der Waals surface area (Å²) >= 11 is 0. The zero-order valence-corrected chi connectivity index (χ0v) is 56.5. The molecule has 2 aromatic carbocycles. The summed E-state index contributed by atoms with van der Waals surface area (Å²) in [5.74, 6) is -8.79. The van der Waals surface area contributed by atoms with Gasteiger partial charge in [0, 0.05) is 130 Å². The van der Waals surface area contributed by atoms with Crippen LogP contribution in [0.25, 0.3) is 5.57 Å². The first kappa shape index (κ1) is 73.8. The van der Waals surface area contributed by atoms with Gasteiger partial charge in [-0.1, -0.05) is 123 Å². The van der Waals surface area contributed by atoms with Crippen molar-refractivity contribution in [3.05, 3.63) is 113 Å². The number of fused-ring (bicyclic) bond motifs is 1. The third kappa shape index (κ3) is 23.7. The van der Waals surface area contributed by atoms with E-state index in [9.17, 15) is 38.4 Å². The Bertz CT molecular complexity index is 3050. The monoisotopic (exact) mass is 1250 g/mol. The highest BCUT2D eigenvalue weighted by molar-refractivity contribution is 5.99. The van der Waals surface area contributed by atoms with Gasteiger partial charge in [-0.05, 0) is 153 Å². The van der Waals surface area contributed by atoms with Crippen LogP contribution in [-0.4, -0.2) is 75.8 Å². The molecule has 12 nitrogen and oxygen atoms in total. The largest absolute Gasteiger partial charge is 0.375 e. The Labute approximate surface area is 543 Å². The van der Waals surface area contributed by atoms with Gasteiger partial charge in [-0.15, -0.1) is 6.58 Å². The Hall–Kier alpha value is -6.27. The number of hydrogen-bond donors (Lipinski definition) is 0. The van der Waals surface area contributed by atoms with Crippen LogP contribution in [0.2, 0.25) is 0 Å². The molecule has 0 saturated heterocycles. The second-order valence-electron chi connectivity index (χ2n) is 29.0. The van der Waals surface area contributed by atoms with Gasteiger partial charge in [0.25, 0.3) is 0 Å². The minimum Gasteiger partial charge on any atom is -0.375 e. The number of ketones is 11. The van der Waals surface area contributed by atoms with Crippen molar-refractivity contribution in [1.82, 2.24) is 0 Å². The molecule has 91 heavy (non-hydrogen) atoms. The van der Waals surface area contributed by atoms with E-state index in [0.29, 0.717) is 70.6 Å². The molecule has 0 amide bonds. The highest BCUT2D eigenvalue weighted by Gasteiger charge is 2.42. The van der Waals surface area contributed by atoms with E-state index < -0.39 is 64.8 Å². The maximum absolute atomic E-state index is 15.2. The number of unbranched alkanes of at least 4 members (excludes halogenated alkanes) is 1. The highest BCUT2D eigenvalue weighted by Crippen LogP contribution is 2.40. The molecule has 0 N–H and O–H groups in total. The minimum atomic E-state index is -0.970. The summed E-state index contributed by atoms with van der Waals surface area (Å²) in [7, 11) is 0. The van der Waals surface area contributed by atoms with Gasteiger partial charge < -0.3 is 9.53 Å². The van der Waals surface area contributed by atoms with Crippen LogP contribution in [0.5, 0.6) is 0 Å². The second-order valence-corrected chi connectivity index (χ2v) is 29.0. The minimum absolute atomic E-state index is 0.00562. The Morgan fingerprint density at radius 1 is 0.626 bits per heavy atom. The van der Waals surface area contributed by atoms with Crippen molar-refractivity contribution < 1.29 is 57.5 Å². The summed E-state index contributed by atoms with van der Waals surface area (Å²) in [4.78, 5) is 156. The van der Waals surface area contributed by atoms with Gasteiger partial charge in [-0.2, -0.15) is 0 Å². The van der Waals surface area contributed by atoms with Crippen molar-refractivity contribution >= 4 is 69.2 Å². The molecule has 0 aromatic heterocycles. The van der Waals surface area contributed by atoms with Gasteiger partial charge in [-0.25, -0.2) is 0 Å². The third-order valence-corrected chi connectivity index (χ3v) is 19.7. The average Bonchev–Trinajstić information content (AvgIpc) is 2.10. The molecule has 2 aromatic rings. The van der Waals surface area contributed by atoms with Crippen molar-refractivity contribution in [2.75, 3.05) is 6.61 Å². The molecule has 4 aliphatic carbocycles. The van der Waals surface area contributed by atoms with E-state index in [1.54, 1.807) is 0 Å². The second kappa shape index (κ2) is 35.7. The van der Waals surface area contributed by atoms with Gasteiger partial charge in [0.15, 0.2) is 0 Å². The predicted molar refractivity (Wildman–Crippen MR) is 358 cm³/mol. The molecule has 0 bridgehead atoms. The van der Waals surface area contributed by atoms with Crippen molar-refractivity contribution in [1.29, 1.82) is 0 Å². The molecule has 6 rings (SSSR count). The molecule has 2 saturated carbocycles. The van der Waals surface area contributed by atoms with E-state index in [2.05, 4.69) is 18.7 Å². The number of aryl methyl sites for hydroxylation is 1. The van der Waals surface area contributed by atoms with Crippen LogP contribution in [0.1, 0.15) is 232 Å². The van der Waals surface area contributed by atoms with Gasteiger partial charge >= 0.3 is 0 Å². The maximum Gasteiger partial charge on any atom is 0.140 e. The third-order valence-electron chi connectivity index (χ3n) is 19.7. The summed E-state index contributed by atoms with van der Waals surface area (Å²) in [5.41, 5.74) is 6.22. The summed E-state index contributed by atoms with van der Waals surface area (Å²) in [6.07, 6.45) is 15.8. The van der Waals surface area contributed by atoms with Crippen molar-refractivity contribution in [3.63, 3.8) is 0 Å². The average molecular weight is 1250 g/mol. The lowest BCUT2D eigenvalue weighted by atomic mass is 9.76. The number of rotatable bonds is 43. The fourth-order valence-electron chi connectivity index (χ4n) is 14.3. The molecule has 0 radical (unpaired) electrons. The first-order valence-corrected chi connectivity index (χ1v) is 34.4. The molecule has 494 valence electrons. The number of benzene rings is 2. The normalized spacial score (nSPS) is 19.4. The van der Waals surface area contributed by atoms with Crippen LogP contribution in [0.15, 0.2) is 90.6 Å². The van der Waals surface area contributed by atoms with Crippen LogP contribution in [0.3, 0.4) is 0 Å². The van der Waals surface area contributed by atoms with Crippen molar-refractivity contribution in [2.24, 2.45) is 65.1 Å². The number of hydrogen-bond acceptors (Lipinski definition) is 12. The van der Waals surface area contributed by atoms with Crippen molar-refractivity contribution in [2.45, 2.75) is 235 Å². The van der Waals surface area contributed by atoms with Gasteiger partial charge in [0.05, 0.1) is 12.2 Å². The molecule has 0 spiro atoms. The fourth-order valence-corrected chi connectivity index (χ4v) is 14.3. The van der Waals surface area contributed by atoms with Gasteiger partial charge in [0.2, 0.25) is 0 Å². The standard InChI is InChI=1S/C79H106O12/c1-11-56(42-73(85)64(40-58-33-32-57-22-16-17-24-67(57)58)47-75(87)62(38-54-20-13-14-21-54)46-72(84)59-34-35-66(81)41-59)71(83)45-63(39-55-30-27-52(6)28-31-55)76(88)48-65(49-91-79(8,9)10)77(89)44-61(37-51(4)5)74(86)43-60(23-15-12-19-50(2)3)78(90)69-26-18-25-68(69)70(82)36-29-53(7)80/h13,16-17,20-22,24,27-28,30-31,33,51,56,59-65,68-69H,2,11-12,14-15,18-19,23,25-26,29,32,34-49H2,1,3-10H3. The topological polar surface area (TPSA) is 197 Å². The lowest BCUT2D eigenvalue weighted by molar-refractivity contribution is -0.139. The number of allylic oxidation sites excluding steroid dienone is 7. The van der Waals surface area contributed by atoms with Crippen LogP contribution in [0.4, 0.5) is 0 Å². The summed E-state index contributed by atoms with van der Waals surface area (Å²) < 4.78 is 6.30. The quantitative estimate of drug-likeness (QED) is 0.0450. The Morgan fingerprint density at radius 3 is 1.84 bits per heavy atom. The lowest BCUT2D eigenvalue weighted by Crippen LogP contribution is -2.35. The van der Waals surface area contributed by atoms with Crippen LogP contribution in [0, 0.1) is 72.0 Å². The van der Waals surface area contributed by atoms with Crippen LogP contribution < -0.4 is 0 Å². The zero-order valence-electron chi connectivity index (χ0n) is 56.5. The molecule has 10 unspecified atom stereocenters. The van der Waals surface area contributed by atoms with E-state index in [4.69, 9.17) is 4.74 Å². The summed E-state index contributed by atoms with van der Waals surface area (Å²) in [5, 5.41) is 0. The zero-order chi connectivity index (χ0) is 66.5. The fraction of sp³-hybridized carbons (Fsp3) is 0.608. The Morgan fingerprint density at radius 2 is 1.22 bits per heavy atom. The van der Waals surface area contributed by atoms with Crippen molar-refractivity contribution in [3.8, 4) is 0 Å². The molecular formula is C79H106O12. The highest BCUT2D eigenvalue weighted by atomic mass is 16.5. The molecule has 4 aliphatic rings. The number of carbonyl (C=O) groups excluding carboxylic acids is 11. The molecule has 0 aliphatic heterocycles. The van der Waals surface area contributed by atoms with Gasteiger partial charge in [0.1, 0.15) is 63.6 Å². The number of carbonyl (C=O) groups is 11. The smallest absolute Gasteiger partial charge is 0.140 e. The van der Waals surface area contributed by atoms with Gasteiger partial charge in [-0.3, -0.25) is 47.9 Å². The van der Waals surface area contributed by atoms with E-state index in [1.807, 2.05) is 116 Å². The van der Waals surface area contributed by atoms with E-state index in [0.717, 1.165) is 58.2 Å². The number of ether oxygens (including phenoxy) is 1. The molecule has 2 fully saturated rings. The lowest BCUT2D eigenvalue weighted by Gasteiger charge is -2.28. The number of Topliss-reactive ketones (excluding diaryl/α,β-unsaturated/α-hetero) is 11. The molecule has 10 atom stereocenters. The van der Waals surface area contributed by atoms with Crippen LogP contribution in [-0.2, 0) is 70.3 Å². The SMILES string of the molecule is C=C(C)CCCCC(CC(=O)C(CC(=O)C(COC(C)(C)C)CC(=O)C(CC(=O)C(CC)CC(=O)C(CC(=O)C(CC(=O)C1CCC(=O)C1)CC1=CCC=C1)CC1=CCc2ccccc21)Cc1ccc(C)cc1)CC(C)C)C(=O)C1CCCC1C(=O)CCC(C)=O. The first-order valence-electron chi connectivity index (χ1n) is 34.4. The maximum atomic E-state index is 15.2. The summed E-state index contributed by atoms with van der Waals surface area (Å²) in [6.45, 7) is 20.7. The van der Waals surface area contributed by atoms with Crippen LogP contribution >= 0.6 is 0 Å². The van der Waals surface area contributed by atoms with E-state index >= 15 is 14.4 Å². The molecular weight excluding hydrogens is 1140 g/mol. The Balaban J connectivity index is 1.24. The predicted octanol–water partition coefficient (Wildman–Crippen LogP) is 15.6. The Kier molecular flexibility index (Phi) is 28.9. The van der Waals surface area contributed by atoms with E-state index in [-0.39, 0.29) is 153 Å².